The minimum absolute atomic E-state index is 0.0307. The number of ether oxygens (including phenoxy) is 2. The highest BCUT2D eigenvalue weighted by molar-refractivity contribution is 7.15. The number of aliphatic hydroxyl groups excluding tert-OH is 1. The molecule has 0 fully saturated rings. The minimum Gasteiger partial charge on any atom is -0.493 e. The van der Waals surface area contributed by atoms with Gasteiger partial charge in [0.05, 0.1) is 18.6 Å². The highest BCUT2D eigenvalue weighted by atomic mass is 32.1. The summed E-state index contributed by atoms with van der Waals surface area (Å²) in [5, 5.41) is 9.70. The summed E-state index contributed by atoms with van der Waals surface area (Å²) in [5.74, 6) is 6.47. The number of thiazole rings is 1. The summed E-state index contributed by atoms with van der Waals surface area (Å²) in [6, 6.07) is 5.31. The Morgan fingerprint density at radius 3 is 2.89 bits per heavy atom. The van der Waals surface area contributed by atoms with Crippen molar-refractivity contribution in [1.29, 1.82) is 0 Å². The lowest BCUT2D eigenvalue weighted by atomic mass is 10.2. The van der Waals surface area contributed by atoms with Gasteiger partial charge in [0.15, 0.2) is 16.6 Å². The number of hydrogen-bond acceptors (Lipinski definition) is 7. The van der Waals surface area contributed by atoms with Crippen molar-refractivity contribution in [3.05, 3.63) is 34.8 Å². The van der Waals surface area contributed by atoms with Crippen molar-refractivity contribution in [3.63, 3.8) is 0 Å². The zero-order valence-electron chi connectivity index (χ0n) is 10.4. The summed E-state index contributed by atoms with van der Waals surface area (Å²) in [6.07, 6.45) is 1.70. The van der Waals surface area contributed by atoms with Crippen LogP contribution in [0, 0.1) is 0 Å². The number of nitrogens with two attached hydrogens (primary N) is 1. The number of methoxy groups -OCH3 is 1. The molecule has 0 amide bonds. The third kappa shape index (κ3) is 3.34. The van der Waals surface area contributed by atoms with E-state index in [9.17, 15) is 0 Å². The lowest BCUT2D eigenvalue weighted by Gasteiger charge is -2.10. The molecule has 0 aliphatic heterocycles. The fraction of sp³-hybridized carbons (Fsp3) is 0.250. The first-order valence-corrected chi connectivity index (χ1v) is 6.40. The minimum atomic E-state index is -0.0307. The van der Waals surface area contributed by atoms with Gasteiger partial charge in [0.2, 0.25) is 0 Å². The second kappa shape index (κ2) is 6.37. The van der Waals surface area contributed by atoms with Crippen LogP contribution in [0.5, 0.6) is 11.5 Å². The van der Waals surface area contributed by atoms with Gasteiger partial charge in [-0.3, -0.25) is 5.43 Å². The van der Waals surface area contributed by atoms with E-state index in [1.165, 1.54) is 11.3 Å². The molecule has 1 heterocycles. The fourth-order valence-electron chi connectivity index (χ4n) is 1.52. The third-order valence-electron chi connectivity index (χ3n) is 2.46. The first kappa shape index (κ1) is 13.6. The third-order valence-corrected chi connectivity index (χ3v) is 3.36. The van der Waals surface area contributed by atoms with Crippen LogP contribution in [0.15, 0.2) is 24.4 Å². The smallest absolute Gasteiger partial charge is 0.197 e. The summed E-state index contributed by atoms with van der Waals surface area (Å²) < 4.78 is 10.9. The normalized spacial score (nSPS) is 10.3. The molecule has 0 unspecified atom stereocenters. The number of rotatable bonds is 6. The Hall–Kier alpha value is -1.83. The lowest BCUT2D eigenvalue weighted by Crippen LogP contribution is -2.05. The molecule has 0 saturated carbocycles. The standard InChI is InChI=1S/C12H15N3O3S/c1-17-11-4-8(6-16)2-3-10(11)18-7-9-5-14-12(15-13)19-9/h2-5,16H,6-7,13H2,1H3,(H,14,15). The van der Waals surface area contributed by atoms with Crippen molar-refractivity contribution >= 4 is 16.5 Å². The first-order valence-electron chi connectivity index (χ1n) is 5.58. The Labute approximate surface area is 114 Å². The molecule has 19 heavy (non-hydrogen) atoms. The van der Waals surface area contributed by atoms with Gasteiger partial charge in [-0.2, -0.15) is 0 Å². The molecule has 0 bridgehead atoms. The molecule has 4 N–H and O–H groups in total. The van der Waals surface area contributed by atoms with Crippen molar-refractivity contribution in [2.24, 2.45) is 5.84 Å². The lowest BCUT2D eigenvalue weighted by molar-refractivity contribution is 0.275. The monoisotopic (exact) mass is 281 g/mol. The first-order chi connectivity index (χ1) is 9.26. The van der Waals surface area contributed by atoms with Crippen LogP contribution in [-0.4, -0.2) is 17.2 Å². The maximum absolute atomic E-state index is 9.06. The molecule has 0 aliphatic carbocycles. The van der Waals surface area contributed by atoms with Gasteiger partial charge in [-0.1, -0.05) is 17.4 Å². The van der Waals surface area contributed by atoms with Crippen LogP contribution in [0.2, 0.25) is 0 Å². The van der Waals surface area contributed by atoms with Gasteiger partial charge in [0.1, 0.15) is 6.61 Å². The van der Waals surface area contributed by atoms with Gasteiger partial charge in [-0.25, -0.2) is 10.8 Å². The molecule has 1 aromatic carbocycles. The van der Waals surface area contributed by atoms with Crippen LogP contribution >= 0.6 is 11.3 Å². The average Bonchev–Trinajstić information content (AvgIpc) is 2.92. The predicted molar refractivity (Wildman–Crippen MR) is 73.2 cm³/mol. The fourth-order valence-corrected chi connectivity index (χ4v) is 2.16. The Morgan fingerprint density at radius 2 is 2.26 bits per heavy atom. The van der Waals surface area contributed by atoms with E-state index < -0.39 is 0 Å². The summed E-state index contributed by atoms with van der Waals surface area (Å²) >= 11 is 1.42. The Morgan fingerprint density at radius 1 is 1.42 bits per heavy atom. The van der Waals surface area contributed by atoms with Crippen molar-refractivity contribution in [2.45, 2.75) is 13.2 Å². The number of nitrogens with one attached hydrogen (secondary N) is 1. The maximum atomic E-state index is 9.06. The van der Waals surface area contributed by atoms with E-state index in [1.807, 2.05) is 0 Å². The van der Waals surface area contributed by atoms with Gasteiger partial charge < -0.3 is 14.6 Å². The van der Waals surface area contributed by atoms with Gasteiger partial charge in [0.25, 0.3) is 0 Å². The van der Waals surface area contributed by atoms with Crippen LogP contribution in [0.4, 0.5) is 5.13 Å². The Balaban J connectivity index is 2.06. The highest BCUT2D eigenvalue weighted by Gasteiger charge is 2.07. The van der Waals surface area contributed by atoms with E-state index in [1.54, 1.807) is 31.5 Å². The molecule has 7 heteroatoms. The average molecular weight is 281 g/mol. The quantitative estimate of drug-likeness (QED) is 0.549. The molecule has 0 aliphatic rings. The summed E-state index contributed by atoms with van der Waals surface area (Å²) in [6.45, 7) is 0.352. The molecule has 2 rings (SSSR count). The second-order valence-electron chi connectivity index (χ2n) is 3.71. The molecule has 2 aromatic rings. The zero-order chi connectivity index (χ0) is 13.7. The van der Waals surface area contributed by atoms with Crippen molar-refractivity contribution < 1.29 is 14.6 Å². The number of anilines is 1. The van der Waals surface area contributed by atoms with Crippen molar-refractivity contribution in [3.8, 4) is 11.5 Å². The largest absolute Gasteiger partial charge is 0.493 e. The van der Waals surface area contributed by atoms with Crippen LogP contribution in [0.1, 0.15) is 10.4 Å². The number of benzene rings is 1. The van der Waals surface area contributed by atoms with Crippen LogP contribution in [0.3, 0.4) is 0 Å². The van der Waals surface area contributed by atoms with E-state index in [0.717, 1.165) is 10.4 Å². The van der Waals surface area contributed by atoms with Gasteiger partial charge in [-0.15, -0.1) is 0 Å². The summed E-state index contributed by atoms with van der Waals surface area (Å²) in [5.41, 5.74) is 3.26. The van der Waals surface area contributed by atoms with Crippen molar-refractivity contribution in [2.75, 3.05) is 12.5 Å². The van der Waals surface area contributed by atoms with Crippen LogP contribution < -0.4 is 20.7 Å². The molecular weight excluding hydrogens is 266 g/mol. The maximum Gasteiger partial charge on any atom is 0.197 e. The molecule has 0 spiro atoms. The molecule has 102 valence electrons. The highest BCUT2D eigenvalue weighted by Crippen LogP contribution is 2.29. The van der Waals surface area contributed by atoms with Gasteiger partial charge >= 0.3 is 0 Å². The second-order valence-corrected chi connectivity index (χ2v) is 4.82. The number of aliphatic hydroxyl groups is 1. The van der Waals surface area contributed by atoms with Crippen molar-refractivity contribution in [1.82, 2.24) is 4.98 Å². The number of aromatic nitrogens is 1. The summed E-state index contributed by atoms with van der Waals surface area (Å²) in [4.78, 5) is 5.00. The Bertz CT molecular complexity index is 545. The SMILES string of the molecule is COc1cc(CO)ccc1OCc1cnc(NN)s1. The molecule has 0 saturated heterocycles. The molecule has 1 aromatic heterocycles. The molecule has 0 atom stereocenters. The van der Waals surface area contributed by atoms with E-state index >= 15 is 0 Å². The topological polar surface area (TPSA) is 89.6 Å². The summed E-state index contributed by atoms with van der Waals surface area (Å²) in [7, 11) is 1.56. The molecular formula is C12H15N3O3S. The van der Waals surface area contributed by atoms with E-state index in [2.05, 4.69) is 10.4 Å². The van der Waals surface area contributed by atoms with E-state index in [0.29, 0.717) is 23.2 Å². The molecule has 6 nitrogen and oxygen atoms in total. The van der Waals surface area contributed by atoms with E-state index in [-0.39, 0.29) is 6.61 Å². The van der Waals surface area contributed by atoms with Crippen LogP contribution in [0.25, 0.3) is 0 Å². The van der Waals surface area contributed by atoms with Gasteiger partial charge in [0, 0.05) is 6.20 Å². The number of nitrogens with zero attached hydrogens (tertiary/aromatic N) is 1. The zero-order valence-corrected chi connectivity index (χ0v) is 11.2. The number of hydrazine groups is 1. The van der Waals surface area contributed by atoms with Gasteiger partial charge in [-0.05, 0) is 17.7 Å². The Kier molecular flexibility index (Phi) is 4.56. The predicted octanol–water partition coefficient (Wildman–Crippen LogP) is 1.51. The van der Waals surface area contributed by atoms with Crippen LogP contribution in [-0.2, 0) is 13.2 Å². The molecule has 0 radical (unpaired) electrons. The number of nitrogen functional groups attached to an aromatic ring is 1. The van der Waals surface area contributed by atoms with E-state index in [4.69, 9.17) is 20.4 Å². The number of hydrogen-bond donors (Lipinski definition) is 3.